The van der Waals surface area contributed by atoms with Gasteiger partial charge in [0.2, 0.25) is 5.88 Å². The van der Waals surface area contributed by atoms with Gasteiger partial charge in [-0.2, -0.15) is 0 Å². The predicted octanol–water partition coefficient (Wildman–Crippen LogP) is 4.36. The van der Waals surface area contributed by atoms with Gasteiger partial charge in [-0.25, -0.2) is 4.98 Å². The van der Waals surface area contributed by atoms with E-state index in [1.54, 1.807) is 0 Å². The third-order valence-electron chi connectivity index (χ3n) is 3.22. The number of aliphatic hydroxyl groups is 1. The van der Waals surface area contributed by atoms with E-state index in [0.717, 1.165) is 38.2 Å². The van der Waals surface area contributed by atoms with Crippen molar-refractivity contribution < 1.29 is 9.84 Å². The maximum absolute atomic E-state index is 9.49. The average molecular weight is 336 g/mol. The highest BCUT2D eigenvalue weighted by Gasteiger charge is 2.11. The van der Waals surface area contributed by atoms with Gasteiger partial charge >= 0.3 is 0 Å². The number of rotatable bonds is 3. The second kappa shape index (κ2) is 5.94. The molecule has 0 saturated carbocycles. The van der Waals surface area contributed by atoms with Gasteiger partial charge in [-0.3, -0.25) is 0 Å². The first-order valence-corrected chi connectivity index (χ1v) is 7.24. The fraction of sp³-hybridized carbons (Fsp3) is 0.312. The van der Waals surface area contributed by atoms with E-state index < -0.39 is 0 Å². The van der Waals surface area contributed by atoms with Crippen LogP contribution in [0.4, 0.5) is 0 Å². The van der Waals surface area contributed by atoms with Crippen LogP contribution in [0.1, 0.15) is 27.9 Å². The summed E-state index contributed by atoms with van der Waals surface area (Å²) in [5, 5.41) is 9.49. The number of aromatic nitrogens is 1. The molecule has 4 heteroatoms. The van der Waals surface area contributed by atoms with Crippen LogP contribution in [0.25, 0.3) is 0 Å². The van der Waals surface area contributed by atoms with E-state index in [-0.39, 0.29) is 6.61 Å². The van der Waals surface area contributed by atoms with Gasteiger partial charge in [0.15, 0.2) is 0 Å². The number of hydrogen-bond acceptors (Lipinski definition) is 3. The van der Waals surface area contributed by atoms with Crippen molar-refractivity contribution in [2.45, 2.75) is 34.3 Å². The number of halogens is 1. The number of ether oxygens (including phenoxy) is 1. The van der Waals surface area contributed by atoms with Crippen LogP contribution in [0, 0.1) is 27.7 Å². The van der Waals surface area contributed by atoms with Crippen molar-refractivity contribution in [1.29, 1.82) is 0 Å². The molecule has 0 fully saturated rings. The fourth-order valence-electron chi connectivity index (χ4n) is 2.18. The first-order chi connectivity index (χ1) is 9.42. The van der Waals surface area contributed by atoms with Gasteiger partial charge in [0.05, 0.1) is 6.61 Å². The van der Waals surface area contributed by atoms with E-state index in [9.17, 15) is 5.11 Å². The van der Waals surface area contributed by atoms with Crippen LogP contribution < -0.4 is 4.74 Å². The highest BCUT2D eigenvalue weighted by molar-refractivity contribution is 9.10. The van der Waals surface area contributed by atoms with Crippen molar-refractivity contribution in [2.75, 3.05) is 0 Å². The molecule has 0 aliphatic rings. The molecule has 2 rings (SSSR count). The molecule has 1 heterocycles. The van der Waals surface area contributed by atoms with Gasteiger partial charge in [-0.15, -0.1) is 0 Å². The SMILES string of the molecule is Cc1cc(C)c(CO)c(Oc2cc(C)c(Br)c(C)c2)n1. The Balaban J connectivity index is 2.44. The summed E-state index contributed by atoms with van der Waals surface area (Å²) in [7, 11) is 0. The Morgan fingerprint density at radius 3 is 2.20 bits per heavy atom. The molecule has 0 unspecified atom stereocenters. The van der Waals surface area contributed by atoms with Gasteiger partial charge in [0.1, 0.15) is 5.75 Å². The molecule has 1 aromatic carbocycles. The van der Waals surface area contributed by atoms with Gasteiger partial charge in [-0.05, 0) is 62.6 Å². The number of pyridine rings is 1. The van der Waals surface area contributed by atoms with Crippen LogP contribution in [0.2, 0.25) is 0 Å². The lowest BCUT2D eigenvalue weighted by Crippen LogP contribution is -2.00. The molecule has 0 aliphatic heterocycles. The monoisotopic (exact) mass is 335 g/mol. The molecular formula is C16H18BrNO2. The maximum atomic E-state index is 9.49. The molecule has 3 nitrogen and oxygen atoms in total. The summed E-state index contributed by atoms with van der Waals surface area (Å²) < 4.78 is 6.97. The average Bonchev–Trinajstić information content (AvgIpc) is 2.35. The number of aryl methyl sites for hydroxylation is 4. The molecule has 1 aromatic heterocycles. The van der Waals surface area contributed by atoms with Gasteiger partial charge in [0, 0.05) is 15.7 Å². The molecular weight excluding hydrogens is 318 g/mol. The standard InChI is InChI=1S/C16H18BrNO2/c1-9-5-12(4)18-16(14(9)8-19)20-13-6-10(2)15(17)11(3)7-13/h5-7,19H,8H2,1-4H3. The highest BCUT2D eigenvalue weighted by atomic mass is 79.9. The lowest BCUT2D eigenvalue weighted by Gasteiger charge is -2.13. The summed E-state index contributed by atoms with van der Waals surface area (Å²) in [4.78, 5) is 4.39. The second-order valence-electron chi connectivity index (χ2n) is 5.00. The van der Waals surface area contributed by atoms with Crippen molar-refractivity contribution in [2.24, 2.45) is 0 Å². The third kappa shape index (κ3) is 3.02. The summed E-state index contributed by atoms with van der Waals surface area (Å²) in [6.45, 7) is 7.82. The largest absolute Gasteiger partial charge is 0.439 e. The smallest absolute Gasteiger partial charge is 0.225 e. The summed E-state index contributed by atoms with van der Waals surface area (Å²) >= 11 is 3.54. The summed E-state index contributed by atoms with van der Waals surface area (Å²) in [6, 6.07) is 5.85. The molecule has 0 atom stereocenters. The number of nitrogens with zero attached hydrogens (tertiary/aromatic N) is 1. The first kappa shape index (κ1) is 15.0. The predicted molar refractivity (Wildman–Crippen MR) is 83.3 cm³/mol. The Bertz CT molecular complexity index is 630. The van der Waals surface area contributed by atoms with Gasteiger partial charge < -0.3 is 9.84 Å². The maximum Gasteiger partial charge on any atom is 0.225 e. The summed E-state index contributed by atoms with van der Waals surface area (Å²) in [6.07, 6.45) is 0. The lowest BCUT2D eigenvalue weighted by atomic mass is 10.1. The van der Waals surface area contributed by atoms with Gasteiger partial charge in [0.25, 0.3) is 0 Å². The number of aliphatic hydroxyl groups excluding tert-OH is 1. The third-order valence-corrected chi connectivity index (χ3v) is 4.47. The second-order valence-corrected chi connectivity index (χ2v) is 5.79. The molecule has 1 N–H and O–H groups in total. The van der Waals surface area contributed by atoms with Crippen LogP contribution in [-0.4, -0.2) is 10.1 Å². The van der Waals surface area contributed by atoms with Crippen molar-refractivity contribution in [3.8, 4) is 11.6 Å². The van der Waals surface area contributed by atoms with Crippen LogP contribution >= 0.6 is 15.9 Å². The zero-order valence-electron chi connectivity index (χ0n) is 12.1. The highest BCUT2D eigenvalue weighted by Crippen LogP contribution is 2.31. The normalized spacial score (nSPS) is 10.7. The van der Waals surface area contributed by atoms with Crippen LogP contribution in [-0.2, 0) is 6.61 Å². The Hall–Kier alpha value is -1.39. The Morgan fingerprint density at radius 2 is 1.65 bits per heavy atom. The Labute approximate surface area is 127 Å². The van der Waals surface area contributed by atoms with E-state index in [0.29, 0.717) is 5.88 Å². The van der Waals surface area contributed by atoms with Crippen molar-refractivity contribution >= 4 is 15.9 Å². The molecule has 0 aliphatic carbocycles. The van der Waals surface area contributed by atoms with Crippen molar-refractivity contribution in [3.05, 3.63) is 50.6 Å². The minimum atomic E-state index is -0.0804. The fourth-order valence-corrected chi connectivity index (χ4v) is 2.41. The number of benzene rings is 1. The molecule has 2 aromatic rings. The number of hydrogen-bond donors (Lipinski definition) is 1. The topological polar surface area (TPSA) is 42.4 Å². The molecule has 0 amide bonds. The van der Waals surface area contributed by atoms with Crippen molar-refractivity contribution in [3.63, 3.8) is 0 Å². The molecule has 0 spiro atoms. The van der Waals surface area contributed by atoms with E-state index in [1.807, 2.05) is 45.9 Å². The molecule has 0 bridgehead atoms. The zero-order valence-corrected chi connectivity index (χ0v) is 13.7. The molecule has 106 valence electrons. The Kier molecular flexibility index (Phi) is 4.45. The van der Waals surface area contributed by atoms with Crippen LogP contribution in [0.15, 0.2) is 22.7 Å². The molecule has 20 heavy (non-hydrogen) atoms. The summed E-state index contributed by atoms with van der Waals surface area (Å²) in [5.74, 6) is 1.21. The van der Waals surface area contributed by atoms with Crippen LogP contribution in [0.3, 0.4) is 0 Å². The first-order valence-electron chi connectivity index (χ1n) is 6.45. The molecule has 0 saturated heterocycles. The minimum Gasteiger partial charge on any atom is -0.439 e. The Morgan fingerprint density at radius 1 is 1.05 bits per heavy atom. The van der Waals surface area contributed by atoms with E-state index >= 15 is 0 Å². The minimum absolute atomic E-state index is 0.0804. The molecule has 0 radical (unpaired) electrons. The van der Waals surface area contributed by atoms with E-state index in [1.165, 1.54) is 0 Å². The van der Waals surface area contributed by atoms with Gasteiger partial charge in [-0.1, -0.05) is 15.9 Å². The quantitative estimate of drug-likeness (QED) is 0.905. The van der Waals surface area contributed by atoms with Crippen LogP contribution in [0.5, 0.6) is 11.6 Å². The lowest BCUT2D eigenvalue weighted by molar-refractivity contribution is 0.274. The zero-order chi connectivity index (χ0) is 14.9. The van der Waals surface area contributed by atoms with E-state index in [2.05, 4.69) is 20.9 Å². The van der Waals surface area contributed by atoms with E-state index in [4.69, 9.17) is 4.74 Å². The van der Waals surface area contributed by atoms with Crippen molar-refractivity contribution in [1.82, 2.24) is 4.98 Å². The summed E-state index contributed by atoms with van der Waals surface area (Å²) in [5.41, 5.74) is 4.81.